The summed E-state index contributed by atoms with van der Waals surface area (Å²) in [5.74, 6) is -0.209. The molecule has 0 heterocycles. The quantitative estimate of drug-likeness (QED) is 0.0818. The van der Waals surface area contributed by atoms with Crippen LogP contribution in [0.2, 0.25) is 0 Å². The molecule has 0 saturated carbocycles. The topological polar surface area (TPSA) is 120 Å². The van der Waals surface area contributed by atoms with Gasteiger partial charge in [0, 0.05) is 18.2 Å². The van der Waals surface area contributed by atoms with Gasteiger partial charge in [-0.15, -0.1) is 0 Å². The van der Waals surface area contributed by atoms with Gasteiger partial charge in [-0.05, 0) is 22.8 Å². The summed E-state index contributed by atoms with van der Waals surface area (Å²) in [5, 5.41) is 30.9. The molecule has 0 unspecified atom stereocenters. The van der Waals surface area contributed by atoms with Gasteiger partial charge in [-0.25, -0.2) is 0 Å². The summed E-state index contributed by atoms with van der Waals surface area (Å²) < 4.78 is 0. The first-order valence-corrected chi connectivity index (χ1v) is 13.1. The number of nitro benzene ring substituents is 2. The van der Waals surface area contributed by atoms with E-state index in [-0.39, 0.29) is 12.3 Å². The van der Waals surface area contributed by atoms with Gasteiger partial charge in [-0.1, -0.05) is 126 Å². The Kier molecular flexibility index (Phi) is 8.41. The van der Waals surface area contributed by atoms with Crippen LogP contribution in [0, 0.1) is 20.2 Å². The fourth-order valence-corrected chi connectivity index (χ4v) is 4.85. The molecule has 0 saturated heterocycles. The van der Waals surface area contributed by atoms with Crippen molar-refractivity contribution < 1.29 is 14.7 Å². The summed E-state index contributed by atoms with van der Waals surface area (Å²) in [7, 11) is 0. The standard InChI is InChI=1S/C33H26N4O5/c38-36(39)29-21-22-32(31(23-29)37(40)41)42-35-30(25-13-5-1-6-14-25)24-34-33(26-15-7-2-8-16-26,27-17-9-3-10-18-27)28-19-11-4-12-20-28/h1-23,34H,24H2/b35-30-. The molecular weight excluding hydrogens is 532 g/mol. The zero-order valence-corrected chi connectivity index (χ0v) is 22.4. The summed E-state index contributed by atoms with van der Waals surface area (Å²) in [6, 6.07) is 42.7. The lowest BCUT2D eigenvalue weighted by molar-refractivity contribution is -0.394. The van der Waals surface area contributed by atoms with Crippen molar-refractivity contribution in [3.63, 3.8) is 0 Å². The molecule has 5 aromatic carbocycles. The molecule has 0 aliphatic heterocycles. The van der Waals surface area contributed by atoms with E-state index >= 15 is 0 Å². The number of hydrogen-bond donors (Lipinski definition) is 1. The van der Waals surface area contributed by atoms with Crippen molar-refractivity contribution >= 4 is 17.1 Å². The Labute approximate surface area is 242 Å². The van der Waals surface area contributed by atoms with Gasteiger partial charge in [-0.3, -0.25) is 25.5 Å². The van der Waals surface area contributed by atoms with Crippen molar-refractivity contribution in [2.45, 2.75) is 5.54 Å². The number of rotatable bonds is 11. The Morgan fingerprint density at radius 3 is 1.60 bits per heavy atom. The van der Waals surface area contributed by atoms with Gasteiger partial charge < -0.3 is 4.84 Å². The highest BCUT2D eigenvalue weighted by Gasteiger charge is 2.36. The third-order valence-corrected chi connectivity index (χ3v) is 6.85. The van der Waals surface area contributed by atoms with Crippen molar-refractivity contribution in [1.29, 1.82) is 0 Å². The van der Waals surface area contributed by atoms with E-state index in [1.165, 1.54) is 6.07 Å². The Balaban J connectivity index is 1.60. The van der Waals surface area contributed by atoms with Crippen LogP contribution in [0.15, 0.2) is 145 Å². The van der Waals surface area contributed by atoms with Gasteiger partial charge in [0.25, 0.3) is 5.69 Å². The molecular formula is C33H26N4O5. The van der Waals surface area contributed by atoms with Crippen LogP contribution < -0.4 is 10.2 Å². The zero-order chi connectivity index (χ0) is 29.4. The second-order valence-corrected chi connectivity index (χ2v) is 9.36. The fourth-order valence-electron chi connectivity index (χ4n) is 4.85. The molecule has 0 fully saturated rings. The van der Waals surface area contributed by atoms with Crippen molar-refractivity contribution in [2.24, 2.45) is 5.16 Å². The predicted octanol–water partition coefficient (Wildman–Crippen LogP) is 6.87. The van der Waals surface area contributed by atoms with E-state index in [1.54, 1.807) is 0 Å². The van der Waals surface area contributed by atoms with Gasteiger partial charge in [0.2, 0.25) is 5.75 Å². The normalized spacial score (nSPS) is 11.6. The van der Waals surface area contributed by atoms with E-state index in [4.69, 9.17) is 4.84 Å². The molecule has 0 aliphatic carbocycles. The van der Waals surface area contributed by atoms with E-state index in [9.17, 15) is 20.2 Å². The zero-order valence-electron chi connectivity index (χ0n) is 22.4. The van der Waals surface area contributed by atoms with E-state index in [1.807, 2.05) is 84.9 Å². The average molecular weight is 559 g/mol. The van der Waals surface area contributed by atoms with Gasteiger partial charge >= 0.3 is 5.69 Å². The SMILES string of the molecule is O=[N+]([O-])c1ccc(O/N=C(/CNC(c2ccccc2)(c2ccccc2)c2ccccc2)c2ccccc2)c([N+](=O)[O-])c1. The average Bonchev–Trinajstić information content (AvgIpc) is 3.04. The first kappa shape index (κ1) is 27.9. The Hall–Kier alpha value is -5.67. The van der Waals surface area contributed by atoms with Crippen molar-refractivity contribution in [1.82, 2.24) is 5.32 Å². The predicted molar refractivity (Wildman–Crippen MR) is 161 cm³/mol. The molecule has 0 atom stereocenters. The highest BCUT2D eigenvalue weighted by atomic mass is 16.7. The Morgan fingerprint density at radius 2 is 1.14 bits per heavy atom. The van der Waals surface area contributed by atoms with Crippen LogP contribution in [-0.2, 0) is 5.54 Å². The Bertz CT molecular complexity index is 1600. The van der Waals surface area contributed by atoms with Crippen molar-refractivity contribution in [2.75, 3.05) is 6.54 Å². The number of nitrogens with one attached hydrogen (secondary N) is 1. The van der Waals surface area contributed by atoms with Gasteiger partial charge in [0.05, 0.1) is 21.5 Å². The molecule has 0 amide bonds. The number of nitro groups is 2. The maximum absolute atomic E-state index is 11.7. The molecule has 9 heteroatoms. The molecule has 5 aromatic rings. The highest BCUT2D eigenvalue weighted by Crippen LogP contribution is 2.37. The monoisotopic (exact) mass is 558 g/mol. The first-order valence-electron chi connectivity index (χ1n) is 13.1. The summed E-state index contributed by atoms with van der Waals surface area (Å²) in [6.45, 7) is 0.198. The second kappa shape index (κ2) is 12.7. The van der Waals surface area contributed by atoms with Crippen LogP contribution in [0.25, 0.3) is 0 Å². The summed E-state index contributed by atoms with van der Waals surface area (Å²) >= 11 is 0. The summed E-state index contributed by atoms with van der Waals surface area (Å²) in [6.07, 6.45) is 0. The van der Waals surface area contributed by atoms with E-state index in [0.717, 1.165) is 34.4 Å². The number of hydrogen-bond acceptors (Lipinski definition) is 7. The molecule has 0 bridgehead atoms. The fraction of sp³-hybridized carbons (Fsp3) is 0.0606. The van der Waals surface area contributed by atoms with Crippen molar-refractivity contribution in [3.05, 3.63) is 182 Å². The lowest BCUT2D eigenvalue weighted by atomic mass is 9.77. The molecule has 208 valence electrons. The number of non-ortho nitro benzene ring substituents is 1. The van der Waals surface area contributed by atoms with Gasteiger partial charge in [0.1, 0.15) is 5.71 Å². The van der Waals surface area contributed by atoms with Gasteiger partial charge in [0.15, 0.2) is 0 Å². The molecule has 1 N–H and O–H groups in total. The third-order valence-electron chi connectivity index (χ3n) is 6.85. The maximum Gasteiger partial charge on any atom is 0.321 e. The van der Waals surface area contributed by atoms with Gasteiger partial charge in [-0.2, -0.15) is 0 Å². The molecule has 0 aliphatic rings. The molecule has 5 rings (SSSR count). The molecule has 0 spiro atoms. The summed E-state index contributed by atoms with van der Waals surface area (Å²) in [4.78, 5) is 27.0. The van der Waals surface area contributed by atoms with E-state index in [0.29, 0.717) is 5.71 Å². The van der Waals surface area contributed by atoms with Crippen molar-refractivity contribution in [3.8, 4) is 5.75 Å². The first-order chi connectivity index (χ1) is 20.5. The smallest absolute Gasteiger partial charge is 0.321 e. The third kappa shape index (κ3) is 5.91. The molecule has 42 heavy (non-hydrogen) atoms. The van der Waals surface area contributed by atoms with Crippen LogP contribution in [0.5, 0.6) is 5.75 Å². The minimum absolute atomic E-state index is 0.198. The second-order valence-electron chi connectivity index (χ2n) is 9.36. The number of oxime groups is 1. The van der Waals surface area contributed by atoms with Crippen LogP contribution in [0.4, 0.5) is 11.4 Å². The minimum atomic E-state index is -0.793. The molecule has 0 aromatic heterocycles. The Morgan fingerprint density at radius 1 is 0.667 bits per heavy atom. The van der Waals surface area contributed by atoms with E-state index < -0.39 is 26.8 Å². The van der Waals surface area contributed by atoms with Crippen LogP contribution in [0.1, 0.15) is 22.3 Å². The van der Waals surface area contributed by atoms with Crippen LogP contribution in [0.3, 0.4) is 0 Å². The number of nitrogens with zero attached hydrogens (tertiary/aromatic N) is 3. The number of benzene rings is 5. The largest absolute Gasteiger partial charge is 0.349 e. The molecule has 9 nitrogen and oxygen atoms in total. The maximum atomic E-state index is 11.7. The molecule has 0 radical (unpaired) electrons. The summed E-state index contributed by atoms with van der Waals surface area (Å²) in [5.41, 5.74) is 2.44. The lowest BCUT2D eigenvalue weighted by Crippen LogP contribution is -2.47. The highest BCUT2D eigenvalue weighted by molar-refractivity contribution is 6.02. The van der Waals surface area contributed by atoms with E-state index in [2.05, 4.69) is 46.9 Å². The van der Waals surface area contributed by atoms with Crippen LogP contribution >= 0.6 is 0 Å². The minimum Gasteiger partial charge on any atom is -0.349 e. The van der Waals surface area contributed by atoms with Crippen LogP contribution in [-0.4, -0.2) is 22.1 Å². The lowest BCUT2D eigenvalue weighted by Gasteiger charge is -2.37.